The number of pyridine rings is 1. The number of anilines is 2. The summed E-state index contributed by atoms with van der Waals surface area (Å²) in [7, 11) is 1.67. The fraction of sp³-hybridized carbons (Fsp3) is 0.478. The standard InChI is InChI=1S/C23H29N3O2/c1-16-13-20(25-19-7-9-21(28-2)10-8-19)14-22(24-16)18-11-12-26(15-18)23(27)17-5-3-4-6-17/h7-10,13-14,17-18H,3-6,11-12,15H2,1-2H3,(H,24,25)/t18-/m0/s1. The van der Waals surface area contributed by atoms with E-state index in [4.69, 9.17) is 9.72 Å². The lowest BCUT2D eigenvalue weighted by Gasteiger charge is -2.20. The maximum Gasteiger partial charge on any atom is 0.225 e. The summed E-state index contributed by atoms with van der Waals surface area (Å²) in [6.45, 7) is 3.68. The molecular weight excluding hydrogens is 350 g/mol. The average molecular weight is 380 g/mol. The lowest BCUT2D eigenvalue weighted by atomic mass is 10.0. The van der Waals surface area contributed by atoms with Crippen molar-refractivity contribution in [2.45, 2.75) is 44.9 Å². The lowest BCUT2D eigenvalue weighted by Crippen LogP contribution is -2.33. The summed E-state index contributed by atoms with van der Waals surface area (Å²) in [4.78, 5) is 19.6. The topological polar surface area (TPSA) is 54.5 Å². The molecule has 0 spiro atoms. The van der Waals surface area contributed by atoms with Crippen molar-refractivity contribution in [3.63, 3.8) is 0 Å². The Hall–Kier alpha value is -2.56. The molecule has 0 radical (unpaired) electrons. The van der Waals surface area contributed by atoms with Crippen LogP contribution in [0.1, 0.15) is 49.4 Å². The number of likely N-dealkylation sites (tertiary alicyclic amines) is 1. The Kier molecular flexibility index (Phi) is 5.51. The van der Waals surface area contributed by atoms with E-state index in [0.717, 1.165) is 60.9 Å². The molecule has 2 fully saturated rings. The molecule has 4 rings (SSSR count). The van der Waals surface area contributed by atoms with Crippen molar-refractivity contribution < 1.29 is 9.53 Å². The second-order valence-electron chi connectivity index (χ2n) is 8.03. The SMILES string of the molecule is COc1ccc(Nc2cc(C)nc([C@H]3CCN(C(=O)C4CCCC4)C3)c2)cc1. The Morgan fingerprint density at radius 3 is 2.57 bits per heavy atom. The van der Waals surface area contributed by atoms with Crippen LogP contribution in [0.5, 0.6) is 5.75 Å². The summed E-state index contributed by atoms with van der Waals surface area (Å²) in [5.74, 6) is 1.79. The Morgan fingerprint density at radius 2 is 1.86 bits per heavy atom. The van der Waals surface area contributed by atoms with E-state index in [2.05, 4.69) is 22.3 Å². The smallest absolute Gasteiger partial charge is 0.225 e. The Bertz CT molecular complexity index is 828. The molecule has 2 aromatic rings. The predicted molar refractivity (Wildman–Crippen MR) is 111 cm³/mol. The number of benzene rings is 1. The van der Waals surface area contributed by atoms with E-state index in [1.165, 1.54) is 12.8 Å². The van der Waals surface area contributed by atoms with Crippen molar-refractivity contribution in [3.8, 4) is 5.75 Å². The van der Waals surface area contributed by atoms with Crippen molar-refractivity contribution >= 4 is 17.3 Å². The highest BCUT2D eigenvalue weighted by Crippen LogP contribution is 2.33. The lowest BCUT2D eigenvalue weighted by molar-refractivity contribution is -0.134. The van der Waals surface area contributed by atoms with Crippen molar-refractivity contribution in [1.29, 1.82) is 0 Å². The van der Waals surface area contributed by atoms with Crippen molar-refractivity contribution in [3.05, 3.63) is 47.8 Å². The van der Waals surface area contributed by atoms with Gasteiger partial charge in [-0.1, -0.05) is 12.8 Å². The third-order valence-electron chi connectivity index (χ3n) is 5.97. The Labute approximate surface area is 167 Å². The molecule has 1 saturated heterocycles. The highest BCUT2D eigenvalue weighted by atomic mass is 16.5. The minimum absolute atomic E-state index is 0.261. The first-order valence-electron chi connectivity index (χ1n) is 10.3. The van der Waals surface area contributed by atoms with Crippen LogP contribution in [-0.4, -0.2) is 36.0 Å². The molecule has 1 aliphatic heterocycles. The molecule has 5 heteroatoms. The first kappa shape index (κ1) is 18.8. The highest BCUT2D eigenvalue weighted by Gasteiger charge is 2.33. The molecule has 28 heavy (non-hydrogen) atoms. The first-order valence-corrected chi connectivity index (χ1v) is 10.3. The zero-order valence-electron chi connectivity index (χ0n) is 16.8. The monoisotopic (exact) mass is 379 g/mol. The zero-order valence-corrected chi connectivity index (χ0v) is 16.8. The third kappa shape index (κ3) is 4.13. The maximum atomic E-state index is 12.7. The van der Waals surface area contributed by atoms with Gasteiger partial charge < -0.3 is 15.0 Å². The van der Waals surface area contributed by atoms with Crippen LogP contribution < -0.4 is 10.1 Å². The number of amides is 1. The number of carbonyl (C=O) groups excluding carboxylic acids is 1. The quantitative estimate of drug-likeness (QED) is 0.822. The van der Waals surface area contributed by atoms with Crippen LogP contribution in [0.15, 0.2) is 36.4 Å². The molecular formula is C23H29N3O2. The Balaban J connectivity index is 1.45. The average Bonchev–Trinajstić information content (AvgIpc) is 3.40. The van der Waals surface area contributed by atoms with E-state index >= 15 is 0 Å². The van der Waals surface area contributed by atoms with Gasteiger partial charge in [-0.3, -0.25) is 9.78 Å². The molecule has 2 aliphatic rings. The van der Waals surface area contributed by atoms with E-state index in [1.807, 2.05) is 31.2 Å². The molecule has 2 heterocycles. The molecule has 1 aromatic carbocycles. The third-order valence-corrected chi connectivity index (χ3v) is 5.97. The van der Waals surface area contributed by atoms with Gasteiger partial charge in [0.2, 0.25) is 5.91 Å². The minimum Gasteiger partial charge on any atom is -0.497 e. The van der Waals surface area contributed by atoms with E-state index in [0.29, 0.717) is 11.8 Å². The van der Waals surface area contributed by atoms with E-state index in [-0.39, 0.29) is 5.92 Å². The summed E-state index contributed by atoms with van der Waals surface area (Å²) in [6, 6.07) is 12.1. The molecule has 1 saturated carbocycles. The second-order valence-corrected chi connectivity index (χ2v) is 8.03. The molecule has 148 valence electrons. The van der Waals surface area contributed by atoms with Gasteiger partial charge in [0.25, 0.3) is 0 Å². The van der Waals surface area contributed by atoms with Crippen molar-refractivity contribution in [2.24, 2.45) is 5.92 Å². The fourth-order valence-corrected chi connectivity index (χ4v) is 4.45. The van der Waals surface area contributed by atoms with E-state index in [9.17, 15) is 4.79 Å². The predicted octanol–water partition coefficient (Wildman–Crippen LogP) is 4.65. The van der Waals surface area contributed by atoms with Crippen molar-refractivity contribution in [1.82, 2.24) is 9.88 Å². The van der Waals surface area contributed by atoms with Gasteiger partial charge in [-0.2, -0.15) is 0 Å². The summed E-state index contributed by atoms with van der Waals surface area (Å²) >= 11 is 0. The van der Waals surface area contributed by atoms with Crippen LogP contribution in [0.4, 0.5) is 11.4 Å². The van der Waals surface area contributed by atoms with Gasteiger partial charge >= 0.3 is 0 Å². The van der Waals surface area contributed by atoms with Gasteiger partial charge in [0.1, 0.15) is 5.75 Å². The largest absolute Gasteiger partial charge is 0.497 e. The molecule has 1 N–H and O–H groups in total. The van der Waals surface area contributed by atoms with Crippen LogP contribution in [0.3, 0.4) is 0 Å². The molecule has 5 nitrogen and oxygen atoms in total. The van der Waals surface area contributed by atoms with Gasteiger partial charge in [0.15, 0.2) is 0 Å². The molecule has 0 unspecified atom stereocenters. The van der Waals surface area contributed by atoms with Crippen molar-refractivity contribution in [2.75, 3.05) is 25.5 Å². The summed E-state index contributed by atoms with van der Waals surface area (Å²) in [5, 5.41) is 3.46. The van der Waals surface area contributed by atoms with Crippen LogP contribution in [0.25, 0.3) is 0 Å². The number of nitrogens with zero attached hydrogens (tertiary/aromatic N) is 2. The fourth-order valence-electron chi connectivity index (χ4n) is 4.45. The zero-order chi connectivity index (χ0) is 19.5. The minimum atomic E-state index is 0.261. The van der Waals surface area contributed by atoms with E-state index < -0.39 is 0 Å². The highest BCUT2D eigenvalue weighted by molar-refractivity contribution is 5.79. The van der Waals surface area contributed by atoms with Crippen LogP contribution in [-0.2, 0) is 4.79 Å². The van der Waals surface area contributed by atoms with Gasteiger partial charge in [0.05, 0.1) is 7.11 Å². The maximum absolute atomic E-state index is 12.7. The number of nitrogens with one attached hydrogen (secondary N) is 1. The number of carbonyl (C=O) groups is 1. The molecule has 0 bridgehead atoms. The first-order chi connectivity index (χ1) is 13.6. The second kappa shape index (κ2) is 8.21. The molecule has 1 aliphatic carbocycles. The summed E-state index contributed by atoms with van der Waals surface area (Å²) in [6.07, 6.45) is 5.54. The van der Waals surface area contributed by atoms with Crippen LogP contribution in [0, 0.1) is 12.8 Å². The number of hydrogen-bond donors (Lipinski definition) is 1. The van der Waals surface area contributed by atoms with Gasteiger partial charge in [-0.25, -0.2) is 0 Å². The number of methoxy groups -OCH3 is 1. The van der Waals surface area contributed by atoms with Crippen LogP contribution >= 0.6 is 0 Å². The number of rotatable bonds is 5. The normalized spacial score (nSPS) is 19.8. The van der Waals surface area contributed by atoms with Gasteiger partial charge in [0, 0.05) is 47.7 Å². The number of aryl methyl sites for hydroxylation is 1. The summed E-state index contributed by atoms with van der Waals surface area (Å²) in [5.41, 5.74) is 4.13. The number of ether oxygens (including phenoxy) is 1. The number of hydrogen-bond acceptors (Lipinski definition) is 4. The molecule has 1 aromatic heterocycles. The van der Waals surface area contributed by atoms with E-state index in [1.54, 1.807) is 7.11 Å². The Morgan fingerprint density at radius 1 is 1.11 bits per heavy atom. The molecule has 1 atom stereocenters. The summed E-state index contributed by atoms with van der Waals surface area (Å²) < 4.78 is 5.22. The van der Waals surface area contributed by atoms with Crippen LogP contribution in [0.2, 0.25) is 0 Å². The molecule has 1 amide bonds. The van der Waals surface area contributed by atoms with Gasteiger partial charge in [-0.15, -0.1) is 0 Å². The number of aromatic nitrogens is 1. The van der Waals surface area contributed by atoms with Gasteiger partial charge in [-0.05, 0) is 62.6 Å².